The van der Waals surface area contributed by atoms with Crippen molar-refractivity contribution in [3.8, 4) is 5.75 Å². The van der Waals surface area contributed by atoms with E-state index < -0.39 is 0 Å². The number of ether oxygens (including phenoxy) is 1. The molecule has 0 aliphatic carbocycles. The Kier molecular flexibility index (Phi) is 5.36. The highest BCUT2D eigenvalue weighted by Crippen LogP contribution is 2.19. The molecule has 15 heavy (non-hydrogen) atoms. The molecular formula is C10H14BrClN2O. The van der Waals surface area contributed by atoms with Crippen LogP contribution in [0.2, 0.25) is 0 Å². The van der Waals surface area contributed by atoms with Crippen LogP contribution in [0.25, 0.3) is 0 Å². The van der Waals surface area contributed by atoms with Crippen LogP contribution in [0, 0.1) is 0 Å². The summed E-state index contributed by atoms with van der Waals surface area (Å²) in [6, 6.07) is 3.83. The molecule has 3 nitrogen and oxygen atoms in total. The van der Waals surface area contributed by atoms with E-state index in [9.17, 15) is 0 Å². The van der Waals surface area contributed by atoms with Crippen LogP contribution in [-0.4, -0.2) is 22.6 Å². The van der Waals surface area contributed by atoms with Gasteiger partial charge in [-0.25, -0.2) is 0 Å². The van der Waals surface area contributed by atoms with Gasteiger partial charge in [-0.1, -0.05) is 15.9 Å². The number of hydrogen-bond acceptors (Lipinski definition) is 3. The molecule has 0 amide bonds. The van der Waals surface area contributed by atoms with Crippen molar-refractivity contribution in [3.63, 3.8) is 0 Å². The average molecular weight is 294 g/mol. The van der Waals surface area contributed by atoms with Crippen LogP contribution in [0.5, 0.6) is 5.75 Å². The fraction of sp³-hybridized carbons (Fsp3) is 0.500. The molecule has 2 atom stereocenters. The minimum absolute atomic E-state index is 0. The molecule has 0 spiro atoms. The Morgan fingerprint density at radius 2 is 2.40 bits per heavy atom. The Morgan fingerprint density at radius 1 is 1.53 bits per heavy atom. The highest BCUT2D eigenvalue weighted by Gasteiger charge is 2.20. The van der Waals surface area contributed by atoms with Crippen molar-refractivity contribution in [1.29, 1.82) is 0 Å². The van der Waals surface area contributed by atoms with Crippen molar-refractivity contribution in [2.24, 2.45) is 0 Å². The minimum atomic E-state index is 0. The van der Waals surface area contributed by atoms with E-state index in [1.54, 1.807) is 12.4 Å². The van der Waals surface area contributed by atoms with E-state index in [2.05, 4.69) is 26.2 Å². The molecule has 0 bridgehead atoms. The Hall–Kier alpha value is -0.320. The van der Waals surface area contributed by atoms with E-state index in [1.165, 1.54) is 0 Å². The monoisotopic (exact) mass is 292 g/mol. The molecule has 1 fully saturated rings. The lowest BCUT2D eigenvalue weighted by atomic mass is 10.1. The van der Waals surface area contributed by atoms with Crippen molar-refractivity contribution in [2.75, 3.05) is 6.54 Å². The lowest BCUT2D eigenvalue weighted by Gasteiger charge is -2.27. The van der Waals surface area contributed by atoms with E-state index in [4.69, 9.17) is 4.74 Å². The molecule has 1 aromatic heterocycles. The summed E-state index contributed by atoms with van der Waals surface area (Å²) in [6.45, 7) is 1.00. The fourth-order valence-electron chi connectivity index (χ4n) is 1.55. The summed E-state index contributed by atoms with van der Waals surface area (Å²) in [5.74, 6) is 0.860. The second-order valence-corrected chi connectivity index (χ2v) is 4.48. The van der Waals surface area contributed by atoms with Crippen molar-refractivity contribution in [3.05, 3.63) is 24.5 Å². The Morgan fingerprint density at radius 3 is 3.07 bits per heavy atom. The molecule has 5 heteroatoms. The van der Waals surface area contributed by atoms with Crippen LogP contribution in [0.3, 0.4) is 0 Å². The molecule has 2 heterocycles. The van der Waals surface area contributed by atoms with E-state index >= 15 is 0 Å². The molecule has 1 aliphatic rings. The van der Waals surface area contributed by atoms with Gasteiger partial charge in [0.15, 0.2) is 0 Å². The zero-order valence-corrected chi connectivity index (χ0v) is 10.6. The molecule has 1 aromatic rings. The second-order valence-electron chi connectivity index (χ2n) is 3.37. The van der Waals surface area contributed by atoms with E-state index in [0.29, 0.717) is 11.1 Å². The van der Waals surface area contributed by atoms with Gasteiger partial charge in [-0.3, -0.25) is 4.98 Å². The third-order valence-electron chi connectivity index (χ3n) is 2.24. The van der Waals surface area contributed by atoms with Gasteiger partial charge in [0.25, 0.3) is 0 Å². The molecule has 2 unspecified atom stereocenters. The number of alkyl halides is 1. The number of rotatable bonds is 2. The molecule has 0 radical (unpaired) electrons. The van der Waals surface area contributed by atoms with Gasteiger partial charge in [-0.05, 0) is 25.1 Å². The third-order valence-corrected chi connectivity index (χ3v) is 2.94. The topological polar surface area (TPSA) is 34.1 Å². The minimum Gasteiger partial charge on any atom is -0.489 e. The summed E-state index contributed by atoms with van der Waals surface area (Å²) in [6.07, 6.45) is 5.85. The number of pyridine rings is 1. The van der Waals surface area contributed by atoms with Gasteiger partial charge in [0.05, 0.1) is 11.1 Å². The first kappa shape index (κ1) is 12.7. The normalized spacial score (nSPS) is 25.4. The number of aromatic nitrogens is 1. The average Bonchev–Trinajstić information content (AvgIpc) is 2.19. The van der Waals surface area contributed by atoms with Crippen molar-refractivity contribution >= 4 is 28.3 Å². The summed E-state index contributed by atoms with van der Waals surface area (Å²) in [5, 5.41) is 3.32. The zero-order valence-electron chi connectivity index (χ0n) is 8.23. The summed E-state index contributed by atoms with van der Waals surface area (Å²) < 4.78 is 5.79. The molecular weight excluding hydrogens is 279 g/mol. The van der Waals surface area contributed by atoms with Gasteiger partial charge < -0.3 is 10.1 Å². The lowest BCUT2D eigenvalue weighted by Crippen LogP contribution is -2.38. The van der Waals surface area contributed by atoms with E-state index in [0.717, 1.165) is 25.1 Å². The van der Waals surface area contributed by atoms with Gasteiger partial charge in [0.1, 0.15) is 11.9 Å². The maximum Gasteiger partial charge on any atom is 0.137 e. The summed E-state index contributed by atoms with van der Waals surface area (Å²) in [4.78, 5) is 4.39. The Balaban J connectivity index is 0.00000112. The first-order valence-corrected chi connectivity index (χ1v) is 5.70. The first-order chi connectivity index (χ1) is 6.84. The quantitative estimate of drug-likeness (QED) is 0.671. The van der Waals surface area contributed by atoms with Gasteiger partial charge in [-0.15, -0.1) is 12.4 Å². The zero-order chi connectivity index (χ0) is 9.80. The summed E-state index contributed by atoms with van der Waals surface area (Å²) >= 11 is 3.54. The lowest BCUT2D eigenvalue weighted by molar-refractivity contribution is 0.157. The number of nitrogens with zero attached hydrogens (tertiary/aromatic N) is 1. The predicted octanol–water partition coefficient (Wildman–Crippen LogP) is 2.36. The number of nitrogens with one attached hydrogen (secondary N) is 1. The van der Waals surface area contributed by atoms with Gasteiger partial charge in [0.2, 0.25) is 0 Å². The summed E-state index contributed by atoms with van der Waals surface area (Å²) in [7, 11) is 0. The highest BCUT2D eigenvalue weighted by molar-refractivity contribution is 9.09. The van der Waals surface area contributed by atoms with E-state index in [1.807, 2.05) is 12.1 Å². The number of halogens is 2. The van der Waals surface area contributed by atoms with Crippen molar-refractivity contribution in [1.82, 2.24) is 10.3 Å². The van der Waals surface area contributed by atoms with Crippen LogP contribution in [0.4, 0.5) is 0 Å². The van der Waals surface area contributed by atoms with Gasteiger partial charge >= 0.3 is 0 Å². The van der Waals surface area contributed by atoms with Crippen molar-refractivity contribution in [2.45, 2.75) is 23.9 Å². The van der Waals surface area contributed by atoms with Gasteiger partial charge in [-0.2, -0.15) is 0 Å². The molecule has 0 aromatic carbocycles. The maximum absolute atomic E-state index is 5.79. The van der Waals surface area contributed by atoms with Crippen LogP contribution in [0.15, 0.2) is 24.5 Å². The Labute approximate surface area is 104 Å². The second kappa shape index (κ2) is 6.30. The molecule has 0 saturated carbocycles. The van der Waals surface area contributed by atoms with Crippen LogP contribution in [-0.2, 0) is 0 Å². The van der Waals surface area contributed by atoms with Gasteiger partial charge in [0, 0.05) is 12.6 Å². The first-order valence-electron chi connectivity index (χ1n) is 4.79. The Bertz CT molecular complexity index is 286. The highest BCUT2D eigenvalue weighted by atomic mass is 79.9. The maximum atomic E-state index is 5.79. The van der Waals surface area contributed by atoms with Crippen molar-refractivity contribution < 1.29 is 4.74 Å². The predicted molar refractivity (Wildman–Crippen MR) is 65.9 cm³/mol. The number of piperidine rings is 1. The molecule has 2 rings (SSSR count). The molecule has 1 N–H and O–H groups in total. The smallest absolute Gasteiger partial charge is 0.137 e. The third kappa shape index (κ3) is 3.97. The molecule has 1 aliphatic heterocycles. The van der Waals surface area contributed by atoms with Crippen LogP contribution < -0.4 is 10.1 Å². The largest absolute Gasteiger partial charge is 0.489 e. The van der Waals surface area contributed by atoms with E-state index in [-0.39, 0.29) is 12.4 Å². The SMILES string of the molecule is BrC1CC(Oc2cccnc2)CCN1.Cl. The standard InChI is InChI=1S/C10H13BrN2O.ClH/c11-10-6-8(3-5-13-10)14-9-2-1-4-12-7-9;/h1-2,4,7-8,10,13H,3,5-6H2;1H. The fourth-order valence-corrected chi connectivity index (χ4v) is 2.20. The van der Waals surface area contributed by atoms with Crippen LogP contribution in [0.1, 0.15) is 12.8 Å². The molecule has 1 saturated heterocycles. The molecule has 84 valence electrons. The summed E-state index contributed by atoms with van der Waals surface area (Å²) in [5.41, 5.74) is 0. The number of hydrogen-bond donors (Lipinski definition) is 1. The van der Waals surface area contributed by atoms with Crippen LogP contribution >= 0.6 is 28.3 Å².